The molecule has 6 nitrogen and oxygen atoms in total. The molecule has 2 N–H and O–H groups in total. The summed E-state index contributed by atoms with van der Waals surface area (Å²) in [5.74, 6) is -1.05. The fourth-order valence-corrected chi connectivity index (χ4v) is 6.12. The Balaban J connectivity index is 1.27. The highest BCUT2D eigenvalue weighted by atomic mass is 35.5. The molecule has 3 aromatic rings. The van der Waals surface area contributed by atoms with Crippen molar-refractivity contribution in [2.24, 2.45) is 0 Å². The monoisotopic (exact) mass is 623 g/mol. The van der Waals surface area contributed by atoms with Crippen molar-refractivity contribution < 1.29 is 18.7 Å². The van der Waals surface area contributed by atoms with E-state index in [4.69, 9.17) is 51.1 Å². The van der Waals surface area contributed by atoms with Crippen LogP contribution in [0.4, 0.5) is 14.9 Å². The zero-order chi connectivity index (χ0) is 28.4. The largest absolute Gasteiger partial charge is 0.438 e. The lowest BCUT2D eigenvalue weighted by Crippen LogP contribution is -2.48. The number of piperidine rings is 1. The van der Waals surface area contributed by atoms with Gasteiger partial charge in [0.2, 0.25) is 5.91 Å². The van der Waals surface area contributed by atoms with Crippen LogP contribution in [-0.2, 0) is 21.7 Å². The van der Waals surface area contributed by atoms with Gasteiger partial charge in [-0.25, -0.2) is 9.18 Å². The highest BCUT2D eigenvalue weighted by Crippen LogP contribution is 2.44. The van der Waals surface area contributed by atoms with Crippen LogP contribution in [0.1, 0.15) is 41.9 Å². The normalized spacial score (nSPS) is 17.1. The molecule has 3 aromatic carbocycles. The minimum atomic E-state index is -0.880. The summed E-state index contributed by atoms with van der Waals surface area (Å²) in [7, 11) is 0. The molecule has 1 fully saturated rings. The average Bonchev–Trinajstić information content (AvgIpc) is 2.92. The quantitative estimate of drug-likeness (QED) is 0.282. The van der Waals surface area contributed by atoms with Gasteiger partial charge in [0.15, 0.2) is 0 Å². The first-order chi connectivity index (χ1) is 19.1. The molecule has 1 atom stereocenters. The van der Waals surface area contributed by atoms with E-state index in [2.05, 4.69) is 15.5 Å². The van der Waals surface area contributed by atoms with Gasteiger partial charge in [-0.1, -0.05) is 58.5 Å². The maximum absolute atomic E-state index is 14.1. The molecule has 40 heavy (non-hydrogen) atoms. The van der Waals surface area contributed by atoms with Crippen molar-refractivity contribution in [2.45, 2.75) is 37.3 Å². The number of ether oxygens (including phenoxy) is 1. The summed E-state index contributed by atoms with van der Waals surface area (Å²) in [6, 6.07) is 14.7. The molecule has 2 aliphatic rings. The van der Waals surface area contributed by atoms with E-state index in [1.807, 2.05) is 0 Å². The lowest BCUT2D eigenvalue weighted by molar-refractivity contribution is -0.123. The summed E-state index contributed by atoms with van der Waals surface area (Å²) in [4.78, 5) is 27.9. The number of amides is 2. The Bertz CT molecular complexity index is 1450. The van der Waals surface area contributed by atoms with Crippen LogP contribution < -0.4 is 10.6 Å². The summed E-state index contributed by atoms with van der Waals surface area (Å²) < 4.78 is 19.8. The third kappa shape index (κ3) is 6.34. The second-order valence-electron chi connectivity index (χ2n) is 10.0. The van der Waals surface area contributed by atoms with Gasteiger partial charge < -0.3 is 15.0 Å². The molecule has 0 saturated carbocycles. The Labute approximate surface area is 251 Å². The van der Waals surface area contributed by atoms with Crippen LogP contribution in [0, 0.1) is 5.82 Å². The number of nitrogens with one attached hydrogen (secondary N) is 2. The Kier molecular flexibility index (Phi) is 8.78. The topological polar surface area (TPSA) is 70.7 Å². The summed E-state index contributed by atoms with van der Waals surface area (Å²) in [6.07, 6.45) is 0.993. The Hall–Kier alpha value is -2.55. The number of carbonyl (C=O) groups excluding carboxylic acids is 2. The molecule has 11 heteroatoms. The van der Waals surface area contributed by atoms with E-state index in [0.717, 1.165) is 11.1 Å². The number of carbonyl (C=O) groups is 2. The molecule has 0 radical (unpaired) electrons. The summed E-state index contributed by atoms with van der Waals surface area (Å²) in [6.45, 7) is 2.07. The van der Waals surface area contributed by atoms with E-state index < -0.39 is 17.6 Å². The zero-order valence-electron chi connectivity index (χ0n) is 21.3. The first-order valence-corrected chi connectivity index (χ1v) is 14.3. The molecule has 2 amide bonds. The van der Waals surface area contributed by atoms with Crippen LogP contribution in [0.5, 0.6) is 0 Å². The molecule has 1 saturated heterocycles. The number of rotatable bonds is 7. The van der Waals surface area contributed by atoms with Crippen LogP contribution in [0.15, 0.2) is 54.6 Å². The molecule has 210 valence electrons. The Morgan fingerprint density at radius 1 is 1.00 bits per heavy atom. The second kappa shape index (κ2) is 12.1. The minimum Gasteiger partial charge on any atom is -0.438 e. The van der Waals surface area contributed by atoms with E-state index in [9.17, 15) is 14.0 Å². The highest BCUT2D eigenvalue weighted by Gasteiger charge is 2.44. The fourth-order valence-electron chi connectivity index (χ4n) is 5.34. The Morgan fingerprint density at radius 3 is 2.50 bits per heavy atom. The van der Waals surface area contributed by atoms with Gasteiger partial charge in [-0.05, 0) is 66.6 Å². The van der Waals surface area contributed by atoms with Gasteiger partial charge in [0, 0.05) is 48.1 Å². The summed E-state index contributed by atoms with van der Waals surface area (Å²) >= 11 is 24.7. The van der Waals surface area contributed by atoms with Crippen LogP contribution in [0.2, 0.25) is 20.1 Å². The van der Waals surface area contributed by atoms with E-state index >= 15 is 0 Å². The zero-order valence-corrected chi connectivity index (χ0v) is 24.3. The number of anilines is 1. The predicted octanol–water partition coefficient (Wildman–Crippen LogP) is 7.78. The van der Waals surface area contributed by atoms with E-state index in [1.54, 1.807) is 42.5 Å². The highest BCUT2D eigenvalue weighted by molar-refractivity contribution is 6.42. The smallest absolute Gasteiger partial charge is 0.412 e. The number of hydrogen-bond acceptors (Lipinski definition) is 4. The number of nitrogens with zero attached hydrogens (tertiary/aromatic N) is 1. The molecular formula is C29H26Cl4FN3O3. The van der Waals surface area contributed by atoms with Gasteiger partial charge in [0.25, 0.3) is 0 Å². The Morgan fingerprint density at radius 2 is 1.77 bits per heavy atom. The van der Waals surface area contributed by atoms with Crippen molar-refractivity contribution in [1.82, 2.24) is 10.2 Å². The maximum Gasteiger partial charge on any atom is 0.412 e. The van der Waals surface area contributed by atoms with Crippen LogP contribution in [-0.4, -0.2) is 36.5 Å². The average molecular weight is 625 g/mol. The standard InChI is InChI=1S/C29H26Cl4FN3O3/c30-19-3-1-18(24(32)14-19)16-35-27(38)21(17-2-5-23(31)25(33)13-17)7-10-37-11-8-29(9-12-37)22-15-20(34)4-6-26(22)36-28(39)40-29/h1-6,13-15,21H,7-12,16H2,(H,35,38)(H,36,39). The third-order valence-corrected chi connectivity index (χ3v) is 8.85. The van der Waals surface area contributed by atoms with Gasteiger partial charge >= 0.3 is 6.09 Å². The maximum atomic E-state index is 14.1. The van der Waals surface area contributed by atoms with Crippen molar-refractivity contribution in [3.8, 4) is 0 Å². The number of likely N-dealkylation sites (tertiary alicyclic amines) is 1. The van der Waals surface area contributed by atoms with Gasteiger partial charge in [-0.2, -0.15) is 0 Å². The summed E-state index contributed by atoms with van der Waals surface area (Å²) in [5, 5.41) is 7.42. The van der Waals surface area contributed by atoms with Crippen LogP contribution in [0.3, 0.4) is 0 Å². The molecular weight excluding hydrogens is 599 g/mol. The van der Waals surface area contributed by atoms with Crippen molar-refractivity contribution in [3.05, 3.63) is 97.2 Å². The van der Waals surface area contributed by atoms with Crippen molar-refractivity contribution >= 4 is 64.1 Å². The first-order valence-electron chi connectivity index (χ1n) is 12.8. The molecule has 1 spiro atoms. The van der Waals surface area contributed by atoms with Crippen LogP contribution in [0.25, 0.3) is 0 Å². The lowest BCUT2D eigenvalue weighted by Gasteiger charge is -2.44. The van der Waals surface area contributed by atoms with E-state index in [1.165, 1.54) is 12.1 Å². The van der Waals surface area contributed by atoms with Gasteiger partial charge in [-0.15, -0.1) is 0 Å². The molecule has 5 rings (SSSR count). The third-order valence-electron chi connectivity index (χ3n) is 7.53. The number of halogens is 5. The molecule has 0 bridgehead atoms. The molecule has 2 heterocycles. The molecule has 0 aliphatic carbocycles. The summed E-state index contributed by atoms with van der Waals surface area (Å²) in [5.41, 5.74) is 1.85. The van der Waals surface area contributed by atoms with Gasteiger partial charge in [0.1, 0.15) is 11.4 Å². The number of benzene rings is 3. The molecule has 1 unspecified atom stereocenters. The van der Waals surface area contributed by atoms with Crippen molar-refractivity contribution in [1.29, 1.82) is 0 Å². The fraction of sp³-hybridized carbons (Fsp3) is 0.310. The van der Waals surface area contributed by atoms with E-state index in [0.29, 0.717) is 70.2 Å². The van der Waals surface area contributed by atoms with Crippen molar-refractivity contribution in [3.63, 3.8) is 0 Å². The second-order valence-corrected chi connectivity index (χ2v) is 11.7. The number of fused-ring (bicyclic) bond motifs is 2. The lowest BCUT2D eigenvalue weighted by atomic mass is 9.82. The minimum absolute atomic E-state index is 0.172. The van der Waals surface area contributed by atoms with Crippen LogP contribution >= 0.6 is 46.4 Å². The molecule has 0 aromatic heterocycles. The van der Waals surface area contributed by atoms with E-state index in [-0.39, 0.29) is 18.3 Å². The SMILES string of the molecule is O=C1Nc2ccc(F)cc2C2(CCN(CCC(C(=O)NCc3ccc(Cl)cc3Cl)c3ccc(Cl)c(Cl)c3)CC2)O1. The van der Waals surface area contributed by atoms with Gasteiger partial charge in [-0.3, -0.25) is 10.1 Å². The van der Waals surface area contributed by atoms with Gasteiger partial charge in [0.05, 0.1) is 21.7 Å². The van der Waals surface area contributed by atoms with Crippen molar-refractivity contribution in [2.75, 3.05) is 25.0 Å². The number of hydrogen-bond donors (Lipinski definition) is 2. The predicted molar refractivity (Wildman–Crippen MR) is 156 cm³/mol. The molecule has 2 aliphatic heterocycles. The first kappa shape index (κ1) is 29.0.